The van der Waals surface area contributed by atoms with Crippen LogP contribution in [0, 0.1) is 6.92 Å². The first kappa shape index (κ1) is 26.1. The molecule has 9 nitrogen and oxygen atoms in total. The Morgan fingerprint density at radius 2 is 1.65 bits per heavy atom. The van der Waals surface area contributed by atoms with Crippen LogP contribution in [-0.2, 0) is 10.0 Å². The van der Waals surface area contributed by atoms with Crippen LogP contribution in [-0.4, -0.2) is 63.6 Å². The molecule has 1 saturated heterocycles. The number of fused-ring (bicyclic) bond motifs is 1. The number of piperazine rings is 1. The molecule has 6 rings (SSSR count). The number of anilines is 2. The van der Waals surface area contributed by atoms with Crippen LogP contribution in [0.1, 0.15) is 24.4 Å². The highest BCUT2D eigenvalue weighted by molar-refractivity contribution is 7.89. The maximum Gasteiger partial charge on any atom is 0.243 e. The monoisotopic (exact) mass is 553 g/mol. The van der Waals surface area contributed by atoms with Crippen LogP contribution in [0.25, 0.3) is 16.6 Å². The molecule has 1 atom stereocenters. The van der Waals surface area contributed by atoms with E-state index in [4.69, 9.17) is 9.97 Å². The van der Waals surface area contributed by atoms with Gasteiger partial charge in [0.1, 0.15) is 11.6 Å². The first-order valence-electron chi connectivity index (χ1n) is 13.3. The van der Waals surface area contributed by atoms with E-state index in [1.54, 1.807) is 39.4 Å². The lowest BCUT2D eigenvalue weighted by molar-refractivity contribution is 0.141. The zero-order chi connectivity index (χ0) is 27.7. The average Bonchev–Trinajstić information content (AvgIpc) is 3.52. The number of aryl methyl sites for hydroxylation is 1. The fourth-order valence-electron chi connectivity index (χ4n) is 5.07. The lowest BCUT2D eigenvalue weighted by atomic mass is 10.1. The van der Waals surface area contributed by atoms with Crippen molar-refractivity contribution in [3.05, 3.63) is 103 Å². The largest absolute Gasteiger partial charge is 0.340 e. The van der Waals surface area contributed by atoms with Crippen LogP contribution in [0.2, 0.25) is 0 Å². The molecule has 1 N–H and O–H groups in total. The van der Waals surface area contributed by atoms with Crippen LogP contribution in [0.4, 0.5) is 11.5 Å². The third-order valence-corrected chi connectivity index (χ3v) is 9.25. The molecule has 0 bridgehead atoms. The van der Waals surface area contributed by atoms with E-state index in [1.165, 1.54) is 5.56 Å². The summed E-state index contributed by atoms with van der Waals surface area (Å²) in [4.78, 5) is 12.4. The minimum Gasteiger partial charge on any atom is -0.340 e. The van der Waals surface area contributed by atoms with E-state index in [0.717, 1.165) is 28.1 Å². The Bertz CT molecular complexity index is 1730. The van der Waals surface area contributed by atoms with Gasteiger partial charge >= 0.3 is 0 Å². The zero-order valence-electron chi connectivity index (χ0n) is 22.5. The summed E-state index contributed by atoms with van der Waals surface area (Å²) in [5, 5.41) is 8.64. The fraction of sp³-hybridized carbons (Fsp3) is 0.233. The highest BCUT2D eigenvalue weighted by Gasteiger charge is 2.31. The minimum atomic E-state index is -3.60. The highest BCUT2D eigenvalue weighted by atomic mass is 32.2. The van der Waals surface area contributed by atoms with Crippen LogP contribution < -0.4 is 5.32 Å². The van der Waals surface area contributed by atoms with Crippen molar-refractivity contribution in [2.45, 2.75) is 24.8 Å². The number of hydrogen-bond donors (Lipinski definition) is 1. The molecule has 2 aromatic heterocycles. The van der Waals surface area contributed by atoms with E-state index in [2.05, 4.69) is 41.3 Å². The van der Waals surface area contributed by atoms with Crippen molar-refractivity contribution in [2.75, 3.05) is 31.5 Å². The van der Waals surface area contributed by atoms with E-state index in [1.807, 2.05) is 48.7 Å². The molecule has 40 heavy (non-hydrogen) atoms. The van der Waals surface area contributed by atoms with Gasteiger partial charge in [-0.25, -0.2) is 23.1 Å². The van der Waals surface area contributed by atoms with Gasteiger partial charge in [-0.05, 0) is 74.0 Å². The van der Waals surface area contributed by atoms with Crippen molar-refractivity contribution < 1.29 is 8.42 Å². The van der Waals surface area contributed by atoms with Crippen molar-refractivity contribution in [1.82, 2.24) is 29.0 Å². The molecular formula is C30H31N7O2S. The summed E-state index contributed by atoms with van der Waals surface area (Å²) < 4.78 is 30.0. The summed E-state index contributed by atoms with van der Waals surface area (Å²) >= 11 is 0. The highest BCUT2D eigenvalue weighted by Crippen LogP contribution is 2.29. The molecule has 1 fully saturated rings. The molecule has 0 unspecified atom stereocenters. The van der Waals surface area contributed by atoms with Crippen LogP contribution in [0.5, 0.6) is 0 Å². The van der Waals surface area contributed by atoms with Gasteiger partial charge in [-0.15, -0.1) is 0 Å². The number of benzene rings is 3. The molecule has 0 aliphatic carbocycles. The van der Waals surface area contributed by atoms with Gasteiger partial charge in [-0.2, -0.15) is 9.40 Å². The van der Waals surface area contributed by atoms with Gasteiger partial charge in [-0.3, -0.25) is 4.90 Å². The quantitative estimate of drug-likeness (QED) is 0.305. The number of nitrogens with one attached hydrogen (secondary N) is 1. The van der Waals surface area contributed by atoms with Crippen LogP contribution in [0.3, 0.4) is 0 Å². The van der Waals surface area contributed by atoms with E-state index in [9.17, 15) is 8.42 Å². The smallest absolute Gasteiger partial charge is 0.243 e. The first-order chi connectivity index (χ1) is 19.4. The molecule has 5 aromatic rings. The Hall–Kier alpha value is -4.12. The van der Waals surface area contributed by atoms with E-state index >= 15 is 0 Å². The maximum absolute atomic E-state index is 13.4. The molecule has 0 saturated carbocycles. The lowest BCUT2D eigenvalue weighted by Crippen LogP contribution is -2.49. The summed E-state index contributed by atoms with van der Waals surface area (Å²) in [6, 6.07) is 24.8. The average molecular weight is 554 g/mol. The van der Waals surface area contributed by atoms with Crippen LogP contribution in [0.15, 0.2) is 96.2 Å². The predicted octanol–water partition coefficient (Wildman–Crippen LogP) is 4.94. The second kappa shape index (κ2) is 10.8. The molecule has 0 amide bonds. The van der Waals surface area contributed by atoms with Gasteiger partial charge < -0.3 is 5.32 Å². The van der Waals surface area contributed by atoms with Gasteiger partial charge in [0.25, 0.3) is 0 Å². The Morgan fingerprint density at radius 1 is 0.875 bits per heavy atom. The molecule has 1 aliphatic rings. The second-order valence-corrected chi connectivity index (χ2v) is 11.9. The number of nitrogens with zero attached hydrogens (tertiary/aromatic N) is 6. The third-order valence-electron chi connectivity index (χ3n) is 7.34. The van der Waals surface area contributed by atoms with Crippen molar-refractivity contribution >= 4 is 32.4 Å². The molecule has 1 aliphatic heterocycles. The number of sulfonamides is 1. The molecule has 0 spiro atoms. The second-order valence-electron chi connectivity index (χ2n) is 10.0. The van der Waals surface area contributed by atoms with E-state index < -0.39 is 10.0 Å². The number of rotatable bonds is 7. The molecule has 0 radical (unpaired) electrons. The Morgan fingerprint density at radius 3 is 2.38 bits per heavy atom. The zero-order valence-corrected chi connectivity index (χ0v) is 23.3. The van der Waals surface area contributed by atoms with Gasteiger partial charge in [0.15, 0.2) is 0 Å². The standard InChI is InChI=1S/C30H31N7O2S/c1-22-7-5-8-24(21-22)32-30-27-9-3-4-10-28(27)33-29(34-30)23(2)35-17-19-36(20-18-35)40(38,39)26-13-11-25(12-14-26)37-16-6-15-31-37/h3-16,21,23H,17-20H2,1-2H3,(H,32,33,34)/t23-/m1/s1. The predicted molar refractivity (Wildman–Crippen MR) is 156 cm³/mol. The summed E-state index contributed by atoms with van der Waals surface area (Å²) in [5.74, 6) is 1.47. The Balaban J connectivity index is 1.18. The minimum absolute atomic E-state index is 0.0825. The van der Waals surface area contributed by atoms with Gasteiger partial charge in [0, 0.05) is 49.6 Å². The number of aromatic nitrogens is 4. The Labute approximate surface area is 234 Å². The Kier molecular flexibility index (Phi) is 7.05. The summed E-state index contributed by atoms with van der Waals surface area (Å²) in [6.45, 7) is 6.11. The van der Waals surface area contributed by atoms with Crippen molar-refractivity contribution in [3.63, 3.8) is 0 Å². The SMILES string of the molecule is Cc1cccc(Nc2nc([C@@H](C)N3CCN(S(=O)(=O)c4ccc(-n5cccn5)cc4)CC3)nc3ccccc23)c1. The van der Waals surface area contributed by atoms with Gasteiger partial charge in [-0.1, -0.05) is 24.3 Å². The summed E-state index contributed by atoms with van der Waals surface area (Å²) in [7, 11) is -3.60. The third kappa shape index (κ3) is 5.21. The van der Waals surface area contributed by atoms with Gasteiger partial charge in [0.05, 0.1) is 22.1 Å². The molecule has 204 valence electrons. The van der Waals surface area contributed by atoms with Gasteiger partial charge in [0.2, 0.25) is 10.0 Å². The topological polar surface area (TPSA) is 96.2 Å². The van der Waals surface area contributed by atoms with E-state index in [0.29, 0.717) is 32.0 Å². The van der Waals surface area contributed by atoms with E-state index in [-0.39, 0.29) is 10.9 Å². The maximum atomic E-state index is 13.4. The number of hydrogen-bond acceptors (Lipinski definition) is 7. The van der Waals surface area contributed by atoms with Crippen molar-refractivity contribution in [1.29, 1.82) is 0 Å². The first-order valence-corrected chi connectivity index (χ1v) is 14.8. The fourth-order valence-corrected chi connectivity index (χ4v) is 6.49. The number of para-hydroxylation sites is 1. The summed E-state index contributed by atoms with van der Waals surface area (Å²) in [6.07, 6.45) is 3.51. The van der Waals surface area contributed by atoms with Crippen LogP contribution >= 0.6 is 0 Å². The molecule has 3 heterocycles. The summed E-state index contributed by atoms with van der Waals surface area (Å²) in [5.41, 5.74) is 3.82. The van der Waals surface area contributed by atoms with Crippen molar-refractivity contribution in [2.24, 2.45) is 0 Å². The lowest BCUT2D eigenvalue weighted by Gasteiger charge is -2.36. The molecule has 3 aromatic carbocycles. The normalized spacial score (nSPS) is 15.8. The molecular weight excluding hydrogens is 522 g/mol. The van der Waals surface area contributed by atoms with Crippen molar-refractivity contribution in [3.8, 4) is 5.69 Å². The molecule has 10 heteroatoms.